The minimum atomic E-state index is -1.42. The van der Waals surface area contributed by atoms with Crippen molar-refractivity contribution in [3.05, 3.63) is 96.1 Å². The second-order valence-electron chi connectivity index (χ2n) is 8.87. The van der Waals surface area contributed by atoms with Crippen LogP contribution >= 0.6 is 0 Å². The van der Waals surface area contributed by atoms with Gasteiger partial charge in [0, 0.05) is 12.5 Å². The first-order chi connectivity index (χ1) is 17.0. The van der Waals surface area contributed by atoms with Crippen molar-refractivity contribution in [2.45, 2.75) is 18.0 Å². The van der Waals surface area contributed by atoms with Crippen molar-refractivity contribution >= 4 is 23.5 Å². The van der Waals surface area contributed by atoms with E-state index in [4.69, 9.17) is 9.47 Å². The fraction of sp³-hybridized carbons (Fsp3) is 0.250. The average Bonchev–Trinajstić information content (AvgIpc) is 3.38. The predicted octanol–water partition coefficient (Wildman–Crippen LogP) is 3.30. The summed E-state index contributed by atoms with van der Waals surface area (Å²) in [6, 6.07) is 25.0. The number of carbonyl (C=O) groups is 3. The first-order valence-corrected chi connectivity index (χ1v) is 11.5. The lowest BCUT2D eigenvalue weighted by molar-refractivity contribution is -0.152. The standard InChI is InChI=1S/C28H26N2O5/c1-34-21-15-13-19(14-16-21)24-22-23(26(32)30(25(22)31)20-11-7-4-8-12-20)28(29-24,27(33)35-2)17-18-9-5-3-6-10-18/h3-16,22-24,29H,17H2,1-2H3/t22-,23+,24-,28-/m1/s1. The minimum absolute atomic E-state index is 0.204. The number of hydrogen-bond acceptors (Lipinski definition) is 6. The van der Waals surface area contributed by atoms with Crippen molar-refractivity contribution in [1.29, 1.82) is 0 Å². The third-order valence-electron chi connectivity index (χ3n) is 7.02. The van der Waals surface area contributed by atoms with Crippen LogP contribution in [-0.4, -0.2) is 37.5 Å². The Kier molecular flexibility index (Phi) is 5.86. The van der Waals surface area contributed by atoms with Gasteiger partial charge in [-0.2, -0.15) is 0 Å². The van der Waals surface area contributed by atoms with Gasteiger partial charge in [0.1, 0.15) is 11.3 Å². The Morgan fingerprint density at radius 1 is 0.886 bits per heavy atom. The summed E-state index contributed by atoms with van der Waals surface area (Å²) in [5.41, 5.74) is 0.722. The second-order valence-corrected chi connectivity index (χ2v) is 8.87. The largest absolute Gasteiger partial charge is 0.497 e. The van der Waals surface area contributed by atoms with Crippen LogP contribution in [0.3, 0.4) is 0 Å². The molecule has 7 heteroatoms. The molecule has 7 nitrogen and oxygen atoms in total. The van der Waals surface area contributed by atoms with E-state index in [1.165, 1.54) is 12.0 Å². The predicted molar refractivity (Wildman–Crippen MR) is 130 cm³/mol. The molecule has 0 spiro atoms. The summed E-state index contributed by atoms with van der Waals surface area (Å²) in [6.45, 7) is 0. The Labute approximate surface area is 203 Å². The lowest BCUT2D eigenvalue weighted by Gasteiger charge is -2.32. The van der Waals surface area contributed by atoms with Crippen molar-refractivity contribution in [3.63, 3.8) is 0 Å². The minimum Gasteiger partial charge on any atom is -0.497 e. The van der Waals surface area contributed by atoms with Crippen LogP contribution in [0.5, 0.6) is 5.75 Å². The van der Waals surface area contributed by atoms with Crippen molar-refractivity contribution < 1.29 is 23.9 Å². The summed E-state index contributed by atoms with van der Waals surface area (Å²) in [7, 11) is 2.89. The van der Waals surface area contributed by atoms with Gasteiger partial charge in [-0.15, -0.1) is 0 Å². The van der Waals surface area contributed by atoms with Gasteiger partial charge in [-0.05, 0) is 35.4 Å². The molecule has 2 amide bonds. The number of hydrogen-bond donors (Lipinski definition) is 1. The number of fused-ring (bicyclic) bond motifs is 1. The molecule has 2 saturated heterocycles. The van der Waals surface area contributed by atoms with Crippen molar-refractivity contribution in [2.75, 3.05) is 19.1 Å². The number of amides is 2. The summed E-state index contributed by atoms with van der Waals surface area (Å²) in [6.07, 6.45) is 0.204. The highest BCUT2D eigenvalue weighted by molar-refractivity contribution is 6.24. The Bertz CT molecular complexity index is 1250. The third kappa shape index (κ3) is 3.68. The highest BCUT2D eigenvalue weighted by Crippen LogP contribution is 2.51. The molecule has 0 radical (unpaired) electrons. The highest BCUT2D eigenvalue weighted by Gasteiger charge is 2.68. The van der Waals surface area contributed by atoms with Gasteiger partial charge < -0.3 is 9.47 Å². The van der Waals surface area contributed by atoms with Gasteiger partial charge in [-0.25, -0.2) is 4.90 Å². The quantitative estimate of drug-likeness (QED) is 0.440. The maximum absolute atomic E-state index is 13.9. The molecule has 0 bridgehead atoms. The summed E-state index contributed by atoms with van der Waals surface area (Å²) in [4.78, 5) is 42.5. The zero-order valence-electron chi connectivity index (χ0n) is 19.5. The summed E-state index contributed by atoms with van der Waals surface area (Å²) in [5.74, 6) is -2.35. The Morgan fingerprint density at radius 2 is 1.51 bits per heavy atom. The monoisotopic (exact) mass is 470 g/mol. The molecule has 2 aliphatic rings. The summed E-state index contributed by atoms with van der Waals surface area (Å²) < 4.78 is 10.5. The van der Waals surface area contributed by atoms with Gasteiger partial charge in [0.05, 0.1) is 31.7 Å². The number of nitrogens with zero attached hydrogens (tertiary/aromatic N) is 1. The molecule has 2 aliphatic heterocycles. The van der Waals surface area contributed by atoms with Crippen molar-refractivity contribution in [1.82, 2.24) is 5.32 Å². The lowest BCUT2D eigenvalue weighted by atomic mass is 9.76. The topological polar surface area (TPSA) is 84.9 Å². The van der Waals surface area contributed by atoms with Crippen LogP contribution in [0.4, 0.5) is 5.69 Å². The molecule has 3 aromatic carbocycles. The number of rotatable bonds is 6. The van der Waals surface area contributed by atoms with E-state index in [1.807, 2.05) is 48.5 Å². The van der Waals surface area contributed by atoms with E-state index < -0.39 is 35.3 Å². The smallest absolute Gasteiger partial charge is 0.327 e. The van der Waals surface area contributed by atoms with Crippen LogP contribution in [-0.2, 0) is 25.5 Å². The molecule has 5 rings (SSSR count). The van der Waals surface area contributed by atoms with E-state index in [2.05, 4.69) is 5.32 Å². The van der Waals surface area contributed by atoms with Crippen LogP contribution < -0.4 is 15.0 Å². The van der Waals surface area contributed by atoms with E-state index in [0.717, 1.165) is 11.1 Å². The first kappa shape index (κ1) is 22.8. The Hall–Kier alpha value is -3.97. The average molecular weight is 471 g/mol. The molecule has 2 heterocycles. The number of anilines is 1. The van der Waals surface area contributed by atoms with Gasteiger partial charge in [0.15, 0.2) is 0 Å². The van der Waals surface area contributed by atoms with Crippen LogP contribution in [0, 0.1) is 11.8 Å². The number of esters is 1. The van der Waals surface area contributed by atoms with E-state index >= 15 is 0 Å². The lowest BCUT2D eigenvalue weighted by Crippen LogP contribution is -2.57. The van der Waals surface area contributed by atoms with Gasteiger partial charge >= 0.3 is 5.97 Å². The molecule has 0 aliphatic carbocycles. The summed E-state index contributed by atoms with van der Waals surface area (Å²) in [5, 5.41) is 3.41. The highest BCUT2D eigenvalue weighted by atomic mass is 16.5. The maximum atomic E-state index is 13.9. The van der Waals surface area contributed by atoms with E-state index in [1.54, 1.807) is 43.5 Å². The fourth-order valence-corrected chi connectivity index (χ4v) is 5.45. The molecule has 35 heavy (non-hydrogen) atoms. The third-order valence-corrected chi connectivity index (χ3v) is 7.02. The van der Waals surface area contributed by atoms with E-state index in [0.29, 0.717) is 11.4 Å². The van der Waals surface area contributed by atoms with Crippen LogP contribution in [0.1, 0.15) is 17.2 Å². The van der Waals surface area contributed by atoms with Crippen LogP contribution in [0.25, 0.3) is 0 Å². The number of methoxy groups -OCH3 is 2. The van der Waals surface area contributed by atoms with E-state index in [-0.39, 0.29) is 12.3 Å². The molecule has 0 unspecified atom stereocenters. The number of imide groups is 1. The molecule has 1 N–H and O–H groups in total. The number of ether oxygens (including phenoxy) is 2. The van der Waals surface area contributed by atoms with Gasteiger partial charge in [0.2, 0.25) is 11.8 Å². The number of nitrogens with one attached hydrogen (secondary N) is 1. The SMILES string of the molecule is COC(=O)[C@]1(Cc2ccccc2)N[C@H](c2ccc(OC)cc2)[C@@H]2C(=O)N(c3ccccc3)C(=O)[C@H]21. The van der Waals surface area contributed by atoms with Crippen molar-refractivity contribution in [3.8, 4) is 5.75 Å². The summed E-state index contributed by atoms with van der Waals surface area (Å²) >= 11 is 0. The normalized spacial score (nSPS) is 25.4. The molecule has 2 fully saturated rings. The van der Waals surface area contributed by atoms with Gasteiger partial charge in [-0.1, -0.05) is 60.7 Å². The molecule has 0 aromatic heterocycles. The molecule has 0 saturated carbocycles. The fourth-order valence-electron chi connectivity index (χ4n) is 5.45. The van der Waals surface area contributed by atoms with Crippen LogP contribution in [0.2, 0.25) is 0 Å². The first-order valence-electron chi connectivity index (χ1n) is 11.5. The molecule has 178 valence electrons. The van der Waals surface area contributed by atoms with Crippen LogP contribution in [0.15, 0.2) is 84.9 Å². The Morgan fingerprint density at radius 3 is 2.11 bits per heavy atom. The van der Waals surface area contributed by atoms with Gasteiger partial charge in [-0.3, -0.25) is 19.7 Å². The van der Waals surface area contributed by atoms with E-state index in [9.17, 15) is 14.4 Å². The molecular weight excluding hydrogens is 444 g/mol. The molecular formula is C28H26N2O5. The zero-order valence-corrected chi connectivity index (χ0v) is 19.5. The number of para-hydroxylation sites is 1. The maximum Gasteiger partial charge on any atom is 0.327 e. The Balaban J connectivity index is 1.66. The molecule has 4 atom stereocenters. The molecule has 3 aromatic rings. The number of benzene rings is 3. The van der Waals surface area contributed by atoms with Gasteiger partial charge in [0.25, 0.3) is 0 Å². The number of carbonyl (C=O) groups excluding carboxylic acids is 3. The van der Waals surface area contributed by atoms with Crippen molar-refractivity contribution in [2.24, 2.45) is 11.8 Å². The zero-order chi connectivity index (χ0) is 24.6. The second kappa shape index (κ2) is 9.00.